The lowest BCUT2D eigenvalue weighted by Gasteiger charge is -2.10. The summed E-state index contributed by atoms with van der Waals surface area (Å²) in [4.78, 5) is 11.5. The Morgan fingerprint density at radius 1 is 1.22 bits per heavy atom. The van der Waals surface area contributed by atoms with Crippen LogP contribution in [0.1, 0.15) is 19.3 Å². The van der Waals surface area contributed by atoms with E-state index in [2.05, 4.69) is 5.32 Å². The second-order valence-electron chi connectivity index (χ2n) is 4.16. The van der Waals surface area contributed by atoms with E-state index < -0.39 is 0 Å². The summed E-state index contributed by atoms with van der Waals surface area (Å²) in [6.45, 7) is 0. The zero-order chi connectivity index (χ0) is 13.0. The summed E-state index contributed by atoms with van der Waals surface area (Å²) >= 11 is 0. The first kappa shape index (κ1) is 12.5. The molecule has 0 spiro atoms. The third-order valence-electron chi connectivity index (χ3n) is 3.02. The molecule has 0 radical (unpaired) electrons. The lowest BCUT2D eigenvalue weighted by atomic mass is 10.2. The highest BCUT2D eigenvalue weighted by molar-refractivity contribution is 5.97. The lowest BCUT2D eigenvalue weighted by Crippen LogP contribution is -1.98. The maximum absolute atomic E-state index is 11.5. The van der Waals surface area contributed by atoms with Gasteiger partial charge in [-0.05, 0) is 25.0 Å². The van der Waals surface area contributed by atoms with Gasteiger partial charge in [0.1, 0.15) is 11.5 Å². The van der Waals surface area contributed by atoms with Crippen molar-refractivity contribution in [3.8, 4) is 11.5 Å². The molecule has 0 aromatic heterocycles. The van der Waals surface area contributed by atoms with Gasteiger partial charge in [-0.1, -0.05) is 0 Å². The van der Waals surface area contributed by atoms with Crippen molar-refractivity contribution in [2.24, 2.45) is 0 Å². The number of ketones is 1. The first-order valence-corrected chi connectivity index (χ1v) is 5.95. The largest absolute Gasteiger partial charge is 0.497 e. The molecule has 1 fully saturated rings. The van der Waals surface area contributed by atoms with Crippen LogP contribution < -0.4 is 14.8 Å². The Morgan fingerprint density at radius 3 is 2.67 bits per heavy atom. The molecule has 0 amide bonds. The standard InChI is InChI=1S/C14H17NO3/c1-17-11-6-7-12(14(8-11)18-2)15-9-10-4-3-5-13(10)16/h6-9,15H,3-5H2,1-2H3. The van der Waals surface area contributed by atoms with Crippen LogP contribution in [0.5, 0.6) is 11.5 Å². The van der Waals surface area contributed by atoms with Crippen molar-refractivity contribution in [2.45, 2.75) is 19.3 Å². The van der Waals surface area contributed by atoms with Crippen LogP contribution in [0.15, 0.2) is 30.0 Å². The molecular formula is C14H17NO3. The second-order valence-corrected chi connectivity index (χ2v) is 4.16. The van der Waals surface area contributed by atoms with E-state index in [1.54, 1.807) is 26.5 Å². The predicted octanol–water partition coefficient (Wildman–Crippen LogP) is 2.75. The number of nitrogens with one attached hydrogen (secondary N) is 1. The maximum Gasteiger partial charge on any atom is 0.160 e. The molecule has 1 N–H and O–H groups in total. The fourth-order valence-electron chi connectivity index (χ4n) is 1.97. The maximum atomic E-state index is 11.5. The monoisotopic (exact) mass is 247 g/mol. The van der Waals surface area contributed by atoms with Crippen LogP contribution in [-0.2, 0) is 4.79 Å². The van der Waals surface area contributed by atoms with Crippen molar-refractivity contribution in [3.63, 3.8) is 0 Å². The summed E-state index contributed by atoms with van der Waals surface area (Å²) in [6, 6.07) is 5.52. The van der Waals surface area contributed by atoms with E-state index in [1.807, 2.05) is 12.1 Å². The highest BCUT2D eigenvalue weighted by atomic mass is 16.5. The zero-order valence-electron chi connectivity index (χ0n) is 10.7. The number of carbonyl (C=O) groups is 1. The van der Waals surface area contributed by atoms with Crippen LogP contribution in [0.25, 0.3) is 0 Å². The average molecular weight is 247 g/mol. The number of hydrogen-bond acceptors (Lipinski definition) is 4. The minimum absolute atomic E-state index is 0.231. The molecule has 0 aliphatic heterocycles. The van der Waals surface area contributed by atoms with Gasteiger partial charge in [-0.25, -0.2) is 0 Å². The molecule has 2 rings (SSSR count). The van der Waals surface area contributed by atoms with Crippen molar-refractivity contribution < 1.29 is 14.3 Å². The molecular weight excluding hydrogens is 230 g/mol. The van der Waals surface area contributed by atoms with Crippen molar-refractivity contribution >= 4 is 11.5 Å². The second kappa shape index (κ2) is 5.58. The highest BCUT2D eigenvalue weighted by Gasteiger charge is 2.16. The molecule has 1 saturated carbocycles. The molecule has 96 valence electrons. The number of hydrogen-bond donors (Lipinski definition) is 1. The Labute approximate surface area is 107 Å². The van der Waals surface area contributed by atoms with Gasteiger partial charge in [0.15, 0.2) is 5.78 Å². The van der Waals surface area contributed by atoms with Gasteiger partial charge in [0.25, 0.3) is 0 Å². The Balaban J connectivity index is 2.16. The normalized spacial score (nSPS) is 17.0. The number of carbonyl (C=O) groups excluding carboxylic acids is 1. The van der Waals surface area contributed by atoms with Crippen LogP contribution in [0.2, 0.25) is 0 Å². The minimum atomic E-state index is 0.231. The summed E-state index contributed by atoms with van der Waals surface area (Å²) in [5, 5.41) is 3.12. The van der Waals surface area contributed by atoms with Crippen molar-refractivity contribution in [1.82, 2.24) is 0 Å². The Bertz CT molecular complexity index is 480. The SMILES string of the molecule is COc1ccc(NC=C2CCCC2=O)c(OC)c1. The van der Waals surface area contributed by atoms with Gasteiger partial charge >= 0.3 is 0 Å². The lowest BCUT2D eigenvalue weighted by molar-refractivity contribution is -0.114. The summed E-state index contributed by atoms with van der Waals surface area (Å²) in [5.74, 6) is 1.66. The average Bonchev–Trinajstić information content (AvgIpc) is 2.81. The first-order valence-electron chi connectivity index (χ1n) is 5.95. The van der Waals surface area contributed by atoms with Gasteiger partial charge in [-0.15, -0.1) is 0 Å². The van der Waals surface area contributed by atoms with E-state index in [9.17, 15) is 4.79 Å². The summed E-state index contributed by atoms with van der Waals surface area (Å²) in [5.41, 5.74) is 1.68. The fraction of sp³-hybridized carbons (Fsp3) is 0.357. The van der Waals surface area contributed by atoms with Crippen LogP contribution in [0.4, 0.5) is 5.69 Å². The van der Waals surface area contributed by atoms with Crippen molar-refractivity contribution in [3.05, 3.63) is 30.0 Å². The third kappa shape index (κ3) is 2.64. The molecule has 4 nitrogen and oxygen atoms in total. The minimum Gasteiger partial charge on any atom is -0.497 e. The molecule has 0 heterocycles. The van der Waals surface area contributed by atoms with Crippen LogP contribution in [-0.4, -0.2) is 20.0 Å². The number of rotatable bonds is 4. The van der Waals surface area contributed by atoms with Crippen LogP contribution in [0, 0.1) is 0 Å². The molecule has 1 aliphatic carbocycles. The number of ether oxygens (including phenoxy) is 2. The molecule has 1 aliphatic rings. The summed E-state index contributed by atoms with van der Waals surface area (Å²) in [6.07, 6.45) is 4.24. The number of anilines is 1. The van der Waals surface area contributed by atoms with E-state index >= 15 is 0 Å². The molecule has 0 atom stereocenters. The van der Waals surface area contributed by atoms with Crippen molar-refractivity contribution in [1.29, 1.82) is 0 Å². The van der Waals surface area contributed by atoms with E-state index in [-0.39, 0.29) is 5.78 Å². The van der Waals surface area contributed by atoms with Crippen molar-refractivity contribution in [2.75, 3.05) is 19.5 Å². The van der Waals surface area contributed by atoms with E-state index in [1.165, 1.54) is 0 Å². The first-order chi connectivity index (χ1) is 8.74. The van der Waals surface area contributed by atoms with E-state index in [0.29, 0.717) is 12.2 Å². The molecule has 1 aromatic carbocycles. The highest BCUT2D eigenvalue weighted by Crippen LogP contribution is 2.29. The number of benzene rings is 1. The molecule has 0 bridgehead atoms. The van der Waals surface area contributed by atoms with Gasteiger partial charge in [0.2, 0.25) is 0 Å². The third-order valence-corrected chi connectivity index (χ3v) is 3.02. The quantitative estimate of drug-likeness (QED) is 0.831. The number of Topliss-reactive ketones (excluding diaryl/α,β-unsaturated/α-hetero) is 1. The fourth-order valence-corrected chi connectivity index (χ4v) is 1.97. The van der Waals surface area contributed by atoms with Crippen LogP contribution >= 0.6 is 0 Å². The van der Waals surface area contributed by atoms with Gasteiger partial charge < -0.3 is 14.8 Å². The Hall–Kier alpha value is -1.97. The molecule has 0 unspecified atom stereocenters. The van der Waals surface area contributed by atoms with Gasteiger partial charge in [0.05, 0.1) is 19.9 Å². The zero-order valence-corrected chi connectivity index (χ0v) is 10.7. The number of allylic oxidation sites excluding steroid dienone is 1. The Morgan fingerprint density at radius 2 is 2.06 bits per heavy atom. The van der Waals surface area contributed by atoms with Gasteiger partial charge in [-0.3, -0.25) is 4.79 Å². The molecule has 4 heteroatoms. The smallest absolute Gasteiger partial charge is 0.160 e. The molecule has 18 heavy (non-hydrogen) atoms. The topological polar surface area (TPSA) is 47.6 Å². The predicted molar refractivity (Wildman–Crippen MR) is 70.1 cm³/mol. The van der Waals surface area contributed by atoms with E-state index in [4.69, 9.17) is 9.47 Å². The molecule has 1 aromatic rings. The summed E-state index contributed by atoms with van der Waals surface area (Å²) < 4.78 is 10.4. The Kier molecular flexibility index (Phi) is 3.87. The van der Waals surface area contributed by atoms with Gasteiger partial charge in [-0.2, -0.15) is 0 Å². The van der Waals surface area contributed by atoms with E-state index in [0.717, 1.165) is 29.9 Å². The number of methoxy groups -OCH3 is 2. The molecule has 0 saturated heterocycles. The van der Waals surface area contributed by atoms with Crippen LogP contribution in [0.3, 0.4) is 0 Å². The summed E-state index contributed by atoms with van der Waals surface area (Å²) in [7, 11) is 3.22. The van der Waals surface area contributed by atoms with Gasteiger partial charge in [0, 0.05) is 24.3 Å².